The van der Waals surface area contributed by atoms with E-state index < -0.39 is 30.1 Å². The molecule has 0 fully saturated rings. The predicted octanol–water partition coefficient (Wildman–Crippen LogP) is 2.89. The number of aliphatic hydroxyl groups excluding tert-OH is 1. The van der Waals surface area contributed by atoms with Crippen molar-refractivity contribution < 1.29 is 29.3 Å². The third-order valence-electron chi connectivity index (χ3n) is 4.18. The molecule has 0 unspecified atom stereocenters. The van der Waals surface area contributed by atoms with Crippen molar-refractivity contribution in [3.63, 3.8) is 0 Å². The highest BCUT2D eigenvalue weighted by Gasteiger charge is 2.23. The van der Waals surface area contributed by atoms with Crippen molar-refractivity contribution in [1.29, 1.82) is 0 Å². The number of carboxylic acids is 1. The summed E-state index contributed by atoms with van der Waals surface area (Å²) in [6, 6.07) is 12.8. The van der Waals surface area contributed by atoms with Gasteiger partial charge < -0.3 is 25.6 Å². The zero-order valence-corrected chi connectivity index (χ0v) is 18.7. The van der Waals surface area contributed by atoms with Crippen LogP contribution in [0.15, 0.2) is 53.0 Å². The first-order valence-electron chi connectivity index (χ1n) is 9.33. The Kier molecular flexibility index (Phi) is 9.77. The molecule has 0 saturated carbocycles. The van der Waals surface area contributed by atoms with Gasteiger partial charge in [-0.1, -0.05) is 57.9 Å². The molecule has 0 aliphatic rings. The van der Waals surface area contributed by atoms with E-state index in [9.17, 15) is 24.6 Å². The van der Waals surface area contributed by atoms with Crippen LogP contribution in [-0.2, 0) is 27.4 Å². The Labute approximate surface area is 192 Å². The Balaban J connectivity index is 1.77. The molecule has 2 amide bonds. The minimum atomic E-state index is -1.22. The van der Waals surface area contributed by atoms with Gasteiger partial charge in [-0.2, -0.15) is 0 Å². The van der Waals surface area contributed by atoms with Crippen molar-refractivity contribution in [1.82, 2.24) is 10.6 Å². The summed E-state index contributed by atoms with van der Waals surface area (Å²) in [6.07, 6.45) is -2.34. The van der Waals surface area contributed by atoms with Crippen LogP contribution in [0, 0.1) is 0 Å². The second kappa shape index (κ2) is 12.3. The van der Waals surface area contributed by atoms with Crippen molar-refractivity contribution in [3.05, 3.63) is 69.2 Å². The molecule has 0 heterocycles. The number of aliphatic hydroxyl groups is 1. The van der Waals surface area contributed by atoms with E-state index >= 15 is 0 Å². The summed E-state index contributed by atoms with van der Waals surface area (Å²) in [7, 11) is 0. The monoisotopic (exact) mass is 512 g/mol. The summed E-state index contributed by atoms with van der Waals surface area (Å²) >= 11 is 9.26. The van der Waals surface area contributed by atoms with Gasteiger partial charge in [-0.05, 0) is 29.3 Å². The van der Waals surface area contributed by atoms with Gasteiger partial charge in [0.25, 0.3) is 0 Å². The lowest BCUT2D eigenvalue weighted by Gasteiger charge is -2.17. The van der Waals surface area contributed by atoms with Gasteiger partial charge in [-0.25, -0.2) is 9.59 Å². The van der Waals surface area contributed by atoms with Crippen LogP contribution in [0.1, 0.15) is 17.5 Å². The molecule has 0 aromatic heterocycles. The quantitative estimate of drug-likeness (QED) is 0.387. The van der Waals surface area contributed by atoms with Crippen LogP contribution in [0.3, 0.4) is 0 Å². The normalized spacial score (nSPS) is 12.5. The highest BCUT2D eigenvalue weighted by Crippen LogP contribution is 2.22. The minimum Gasteiger partial charge on any atom is -0.480 e. The number of benzene rings is 2. The third-order valence-corrected chi connectivity index (χ3v) is 5.19. The molecule has 2 rings (SSSR count). The fourth-order valence-corrected chi connectivity index (χ4v) is 3.24. The number of halogens is 2. The number of amides is 2. The zero-order chi connectivity index (χ0) is 22.8. The predicted molar refractivity (Wildman–Crippen MR) is 118 cm³/mol. The molecule has 0 aliphatic carbocycles. The summed E-state index contributed by atoms with van der Waals surface area (Å²) in [5.41, 5.74) is 1.42. The standard InChI is InChI=1S/C21H22BrClN2O6/c22-17-7-6-15(23)8-14(17)9-18(20(28)29)25-19(27)10-16(26)11-24-21(30)31-12-13-4-2-1-3-5-13/h1-8,16,18,26H,9-12H2,(H,24,30)(H,25,27)(H,28,29)/t16-,18+/m1/s1. The molecule has 2 aromatic rings. The molecular formula is C21H22BrClN2O6. The topological polar surface area (TPSA) is 125 Å². The first-order chi connectivity index (χ1) is 14.7. The third kappa shape index (κ3) is 8.95. The van der Waals surface area contributed by atoms with Crippen LogP contribution in [0.5, 0.6) is 0 Å². The van der Waals surface area contributed by atoms with Crippen molar-refractivity contribution in [2.75, 3.05) is 6.54 Å². The van der Waals surface area contributed by atoms with Gasteiger partial charge in [0, 0.05) is 22.5 Å². The summed E-state index contributed by atoms with van der Waals surface area (Å²) in [5.74, 6) is -1.89. The second-order valence-electron chi connectivity index (χ2n) is 6.70. The number of ether oxygens (including phenoxy) is 1. The number of carboxylic acid groups (broad SMARTS) is 1. The Hall–Kier alpha value is -2.62. The molecule has 0 spiro atoms. The van der Waals surface area contributed by atoms with Crippen molar-refractivity contribution >= 4 is 45.5 Å². The molecule has 10 heteroatoms. The summed E-state index contributed by atoms with van der Waals surface area (Å²) in [5, 5.41) is 24.5. The fourth-order valence-electron chi connectivity index (χ4n) is 2.63. The van der Waals surface area contributed by atoms with Gasteiger partial charge in [-0.3, -0.25) is 4.79 Å². The Bertz CT molecular complexity index is 912. The van der Waals surface area contributed by atoms with E-state index in [4.69, 9.17) is 16.3 Å². The van der Waals surface area contributed by atoms with E-state index in [1.165, 1.54) is 0 Å². The van der Waals surface area contributed by atoms with Gasteiger partial charge in [0.05, 0.1) is 12.5 Å². The maximum atomic E-state index is 12.1. The Morgan fingerprint density at radius 3 is 2.52 bits per heavy atom. The minimum absolute atomic E-state index is 0.00235. The number of hydrogen-bond acceptors (Lipinski definition) is 5. The zero-order valence-electron chi connectivity index (χ0n) is 16.4. The number of aliphatic carboxylic acids is 1. The molecule has 166 valence electrons. The molecule has 8 nitrogen and oxygen atoms in total. The molecule has 0 aliphatic heterocycles. The van der Waals surface area contributed by atoms with Crippen LogP contribution < -0.4 is 10.6 Å². The molecule has 31 heavy (non-hydrogen) atoms. The number of rotatable bonds is 10. The van der Waals surface area contributed by atoms with Gasteiger partial charge in [0.15, 0.2) is 0 Å². The van der Waals surface area contributed by atoms with E-state index in [1.54, 1.807) is 30.3 Å². The molecule has 2 aromatic carbocycles. The van der Waals surface area contributed by atoms with Gasteiger partial charge in [-0.15, -0.1) is 0 Å². The molecule has 0 bridgehead atoms. The first-order valence-corrected chi connectivity index (χ1v) is 10.5. The first kappa shape index (κ1) is 24.6. The largest absolute Gasteiger partial charge is 0.480 e. The lowest BCUT2D eigenvalue weighted by molar-refractivity contribution is -0.142. The van der Waals surface area contributed by atoms with E-state index in [1.807, 2.05) is 18.2 Å². The number of hydrogen-bond donors (Lipinski definition) is 4. The van der Waals surface area contributed by atoms with Crippen molar-refractivity contribution in [2.45, 2.75) is 31.6 Å². The summed E-state index contributed by atoms with van der Waals surface area (Å²) in [6.45, 7) is -0.152. The Morgan fingerprint density at radius 2 is 1.84 bits per heavy atom. The average Bonchev–Trinajstić information content (AvgIpc) is 2.73. The van der Waals surface area contributed by atoms with E-state index in [0.717, 1.165) is 5.56 Å². The number of nitrogens with one attached hydrogen (secondary N) is 2. The van der Waals surface area contributed by atoms with E-state index in [0.29, 0.717) is 15.1 Å². The Morgan fingerprint density at radius 1 is 1.13 bits per heavy atom. The number of alkyl carbamates (subject to hydrolysis) is 1. The molecular weight excluding hydrogens is 492 g/mol. The van der Waals surface area contributed by atoms with Crippen LogP contribution in [-0.4, -0.2) is 46.9 Å². The lowest BCUT2D eigenvalue weighted by atomic mass is 10.1. The average molecular weight is 514 g/mol. The van der Waals surface area contributed by atoms with E-state index in [2.05, 4.69) is 26.6 Å². The summed E-state index contributed by atoms with van der Waals surface area (Å²) in [4.78, 5) is 35.4. The van der Waals surface area contributed by atoms with Crippen molar-refractivity contribution in [3.8, 4) is 0 Å². The van der Waals surface area contributed by atoms with Gasteiger partial charge in [0.2, 0.25) is 5.91 Å². The SMILES string of the molecule is O=C(C[C@@H](O)CNC(=O)OCc1ccccc1)N[C@@H](Cc1cc(Cl)ccc1Br)C(=O)O. The lowest BCUT2D eigenvalue weighted by Crippen LogP contribution is -2.44. The van der Waals surface area contributed by atoms with Crippen LogP contribution in [0.25, 0.3) is 0 Å². The smallest absolute Gasteiger partial charge is 0.407 e. The van der Waals surface area contributed by atoms with Gasteiger partial charge in [0.1, 0.15) is 12.6 Å². The van der Waals surface area contributed by atoms with Crippen LogP contribution in [0.2, 0.25) is 5.02 Å². The molecule has 0 saturated heterocycles. The molecule has 4 N–H and O–H groups in total. The van der Waals surface area contributed by atoms with E-state index in [-0.39, 0.29) is 26.0 Å². The van der Waals surface area contributed by atoms with Crippen LogP contribution in [0.4, 0.5) is 4.79 Å². The number of carbonyl (C=O) groups is 3. The summed E-state index contributed by atoms with van der Waals surface area (Å²) < 4.78 is 5.67. The van der Waals surface area contributed by atoms with Gasteiger partial charge >= 0.3 is 12.1 Å². The second-order valence-corrected chi connectivity index (χ2v) is 7.99. The highest BCUT2D eigenvalue weighted by atomic mass is 79.9. The maximum absolute atomic E-state index is 12.1. The molecule has 2 atom stereocenters. The molecule has 0 radical (unpaired) electrons. The highest BCUT2D eigenvalue weighted by molar-refractivity contribution is 9.10. The van der Waals surface area contributed by atoms with Crippen LogP contribution >= 0.6 is 27.5 Å². The maximum Gasteiger partial charge on any atom is 0.407 e. The van der Waals surface area contributed by atoms with Crippen molar-refractivity contribution in [2.24, 2.45) is 0 Å². The number of carbonyl (C=O) groups excluding carboxylic acids is 2. The fraction of sp³-hybridized carbons (Fsp3) is 0.286.